The van der Waals surface area contributed by atoms with Gasteiger partial charge in [-0.25, -0.2) is 4.39 Å². The van der Waals surface area contributed by atoms with Gasteiger partial charge in [0.2, 0.25) is 0 Å². The minimum absolute atomic E-state index is 0. The summed E-state index contributed by atoms with van der Waals surface area (Å²) < 4.78 is 107. The molecule has 0 radical (unpaired) electrons. The van der Waals surface area contributed by atoms with Crippen molar-refractivity contribution in [2.45, 2.75) is 40.2 Å². The lowest BCUT2D eigenvalue weighted by molar-refractivity contribution is -0.483. The monoisotopic (exact) mass is 322 g/mol. The maximum absolute atomic E-state index is 12.4. The number of hydrogen-bond acceptors (Lipinski definition) is 1. The molecule has 0 aromatic rings. The van der Waals surface area contributed by atoms with Crippen LogP contribution in [-0.2, 0) is 4.74 Å². The molecule has 124 valence electrons. The van der Waals surface area contributed by atoms with Gasteiger partial charge in [-0.15, -0.1) is 0 Å². The predicted molar refractivity (Wildman–Crippen MR) is 54.8 cm³/mol. The molecule has 1 nitrogen and oxygen atoms in total. The molecule has 1 aliphatic rings. The van der Waals surface area contributed by atoms with E-state index in [1.54, 1.807) is 0 Å². The van der Waals surface area contributed by atoms with Crippen molar-refractivity contribution in [2.24, 2.45) is 5.41 Å². The number of rotatable bonds is 1. The molecule has 1 heterocycles. The SMILES string of the molecule is C.C.CC1(CF)C(C(F)(F)F)OC1(F)F.FC=C(F)F. The summed E-state index contributed by atoms with van der Waals surface area (Å²) >= 11 is 0. The summed E-state index contributed by atoms with van der Waals surface area (Å²) in [6.07, 6.45) is -14.8. The van der Waals surface area contributed by atoms with Gasteiger partial charge in [0.25, 0.3) is 6.08 Å². The molecule has 1 fully saturated rings. The van der Waals surface area contributed by atoms with E-state index < -0.39 is 42.9 Å². The topological polar surface area (TPSA) is 9.23 Å². The van der Waals surface area contributed by atoms with Gasteiger partial charge in [0.15, 0.2) is 12.4 Å². The van der Waals surface area contributed by atoms with Crippen LogP contribution in [0.4, 0.5) is 39.5 Å². The smallest absolute Gasteiger partial charge is 0.306 e. The van der Waals surface area contributed by atoms with Crippen molar-refractivity contribution >= 4 is 0 Å². The standard InChI is InChI=1S/C6H6F6O.C2HF3.2CH4/c1-4(2-7)3(5(8,9)10)13-6(4,11)12;3-1-2(4)5;;/h3H,2H2,1H3;1H;2*1H4. The molecule has 0 amide bonds. The molecule has 0 saturated carbocycles. The van der Waals surface area contributed by atoms with Gasteiger partial charge in [0, 0.05) is 0 Å². The van der Waals surface area contributed by atoms with Crippen LogP contribution in [-0.4, -0.2) is 25.1 Å². The quantitative estimate of drug-likeness (QED) is 0.581. The molecule has 0 bridgehead atoms. The molecule has 0 aliphatic carbocycles. The van der Waals surface area contributed by atoms with Crippen molar-refractivity contribution in [2.75, 3.05) is 6.67 Å². The van der Waals surface area contributed by atoms with E-state index in [-0.39, 0.29) is 14.9 Å². The fourth-order valence-corrected chi connectivity index (χ4v) is 1.08. The number of hydrogen-bond donors (Lipinski definition) is 0. The maximum atomic E-state index is 12.4. The van der Waals surface area contributed by atoms with Gasteiger partial charge in [0.05, 0.1) is 0 Å². The predicted octanol–water partition coefficient (Wildman–Crippen LogP) is 5.48. The lowest BCUT2D eigenvalue weighted by Gasteiger charge is -2.51. The second kappa shape index (κ2) is 7.75. The van der Waals surface area contributed by atoms with Gasteiger partial charge >= 0.3 is 12.3 Å². The van der Waals surface area contributed by atoms with Crippen LogP contribution in [0.1, 0.15) is 21.8 Å². The Labute approximate surface area is 110 Å². The number of alkyl halides is 6. The van der Waals surface area contributed by atoms with Crippen LogP contribution in [0.3, 0.4) is 0 Å². The van der Waals surface area contributed by atoms with E-state index in [9.17, 15) is 39.5 Å². The average molecular weight is 322 g/mol. The summed E-state index contributed by atoms with van der Waals surface area (Å²) in [5.41, 5.74) is -2.79. The van der Waals surface area contributed by atoms with Gasteiger partial charge in [-0.2, -0.15) is 30.7 Å². The summed E-state index contributed by atoms with van der Waals surface area (Å²) in [6, 6.07) is 0. The van der Waals surface area contributed by atoms with Crippen molar-refractivity contribution in [3.05, 3.63) is 12.4 Å². The third-order valence-corrected chi connectivity index (χ3v) is 2.17. The fraction of sp³-hybridized carbons (Fsp3) is 0.800. The molecule has 0 N–H and O–H groups in total. The first-order valence-electron chi connectivity index (χ1n) is 4.22. The van der Waals surface area contributed by atoms with Gasteiger partial charge in [-0.3, -0.25) is 4.39 Å². The Morgan fingerprint density at radius 3 is 1.65 bits per heavy atom. The molecule has 2 atom stereocenters. The van der Waals surface area contributed by atoms with Crippen molar-refractivity contribution in [1.82, 2.24) is 0 Å². The first-order valence-corrected chi connectivity index (χ1v) is 4.22. The van der Waals surface area contributed by atoms with E-state index in [1.807, 2.05) is 0 Å². The molecule has 1 saturated heterocycles. The lowest BCUT2D eigenvalue weighted by atomic mass is 9.78. The summed E-state index contributed by atoms with van der Waals surface area (Å²) in [5, 5.41) is 0. The summed E-state index contributed by atoms with van der Waals surface area (Å²) in [6.45, 7) is -1.27. The highest BCUT2D eigenvalue weighted by Gasteiger charge is 2.75. The van der Waals surface area contributed by atoms with Crippen molar-refractivity contribution in [1.29, 1.82) is 0 Å². The van der Waals surface area contributed by atoms with Crippen molar-refractivity contribution in [3.8, 4) is 0 Å². The van der Waals surface area contributed by atoms with Crippen molar-refractivity contribution < 1.29 is 44.3 Å². The van der Waals surface area contributed by atoms with Gasteiger partial charge in [-0.1, -0.05) is 14.9 Å². The van der Waals surface area contributed by atoms with Crippen LogP contribution < -0.4 is 0 Å². The van der Waals surface area contributed by atoms with Crippen LogP contribution >= 0.6 is 0 Å². The van der Waals surface area contributed by atoms with Crippen LogP contribution in [0.5, 0.6) is 0 Å². The molecular weight excluding hydrogens is 307 g/mol. The van der Waals surface area contributed by atoms with E-state index >= 15 is 0 Å². The zero-order valence-corrected chi connectivity index (χ0v) is 8.67. The molecule has 10 heteroatoms. The third-order valence-electron chi connectivity index (χ3n) is 2.17. The first-order chi connectivity index (χ1) is 7.92. The minimum atomic E-state index is -4.96. The van der Waals surface area contributed by atoms with Crippen molar-refractivity contribution in [3.63, 3.8) is 0 Å². The summed E-state index contributed by atoms with van der Waals surface area (Å²) in [4.78, 5) is 0. The number of ether oxygens (including phenoxy) is 1. The van der Waals surface area contributed by atoms with E-state index in [0.717, 1.165) is 0 Å². The molecular formula is C10H15F9O. The summed E-state index contributed by atoms with van der Waals surface area (Å²) in [5.74, 6) is 0. The Hall–Kier alpha value is -0.930. The Morgan fingerprint density at radius 2 is 1.55 bits per heavy atom. The normalized spacial score (nSPS) is 26.8. The highest BCUT2D eigenvalue weighted by Crippen LogP contribution is 2.57. The molecule has 0 aromatic heterocycles. The molecule has 2 unspecified atom stereocenters. The lowest BCUT2D eigenvalue weighted by Crippen LogP contribution is -2.69. The molecule has 20 heavy (non-hydrogen) atoms. The molecule has 1 aliphatic heterocycles. The second-order valence-electron chi connectivity index (χ2n) is 3.51. The largest absolute Gasteiger partial charge is 0.415 e. The zero-order valence-electron chi connectivity index (χ0n) is 8.67. The summed E-state index contributed by atoms with van der Waals surface area (Å²) in [7, 11) is 0. The fourth-order valence-electron chi connectivity index (χ4n) is 1.08. The van der Waals surface area contributed by atoms with E-state index in [2.05, 4.69) is 4.74 Å². The number of halogens is 9. The molecule has 1 rings (SSSR count). The van der Waals surface area contributed by atoms with Crippen LogP contribution in [0.15, 0.2) is 12.4 Å². The van der Waals surface area contributed by atoms with Gasteiger partial charge in [0.1, 0.15) is 12.1 Å². The Kier molecular flexibility index (Phi) is 9.34. The highest BCUT2D eigenvalue weighted by atomic mass is 19.4. The molecule has 0 aromatic carbocycles. The second-order valence-corrected chi connectivity index (χ2v) is 3.51. The Bertz CT molecular complexity index is 308. The van der Waals surface area contributed by atoms with Gasteiger partial charge in [-0.05, 0) is 6.92 Å². The molecule has 0 spiro atoms. The average Bonchev–Trinajstić information content (AvgIpc) is 2.24. The van der Waals surface area contributed by atoms with Crippen LogP contribution in [0, 0.1) is 5.41 Å². The van der Waals surface area contributed by atoms with Crippen LogP contribution in [0.2, 0.25) is 0 Å². The van der Waals surface area contributed by atoms with E-state index in [0.29, 0.717) is 6.92 Å². The van der Waals surface area contributed by atoms with E-state index in [1.165, 1.54) is 0 Å². The maximum Gasteiger partial charge on any atom is 0.415 e. The zero-order chi connectivity index (χ0) is 14.8. The highest BCUT2D eigenvalue weighted by molar-refractivity contribution is 5.02. The third kappa shape index (κ3) is 4.88. The van der Waals surface area contributed by atoms with Gasteiger partial charge < -0.3 is 4.74 Å². The van der Waals surface area contributed by atoms with Crippen LogP contribution in [0.25, 0.3) is 0 Å². The minimum Gasteiger partial charge on any atom is -0.306 e. The Morgan fingerprint density at radius 1 is 1.20 bits per heavy atom. The Balaban J connectivity index is -0.000000361. The first kappa shape index (κ1) is 24.1. The van der Waals surface area contributed by atoms with E-state index in [4.69, 9.17) is 0 Å².